The van der Waals surface area contributed by atoms with Gasteiger partial charge in [-0.3, -0.25) is 14.3 Å². The lowest BCUT2D eigenvalue weighted by molar-refractivity contribution is 0.262. The molecule has 2 aromatic carbocycles. The van der Waals surface area contributed by atoms with E-state index < -0.39 is 6.03 Å². The number of amides is 2. The Hall–Kier alpha value is -5.58. The molecular weight excluding hydrogens is 530 g/mol. The van der Waals surface area contributed by atoms with Crippen molar-refractivity contribution in [3.05, 3.63) is 91.9 Å². The van der Waals surface area contributed by atoms with Crippen molar-refractivity contribution < 1.29 is 9.53 Å². The molecule has 0 spiro atoms. The van der Waals surface area contributed by atoms with Gasteiger partial charge in [0.1, 0.15) is 23.5 Å². The van der Waals surface area contributed by atoms with Crippen molar-refractivity contribution in [3.63, 3.8) is 0 Å². The van der Waals surface area contributed by atoms with Crippen LogP contribution in [-0.2, 0) is 12.6 Å². The number of benzene rings is 2. The number of hydrogen-bond acceptors (Lipinski definition) is 7. The largest absolute Gasteiger partial charge is 0.457 e. The normalized spacial score (nSPS) is 11.4. The minimum Gasteiger partial charge on any atom is -0.457 e. The first-order valence-electron chi connectivity index (χ1n) is 13.3. The van der Waals surface area contributed by atoms with Crippen LogP contribution in [0.1, 0.15) is 20.8 Å². The third-order valence-electron chi connectivity index (χ3n) is 6.51. The summed E-state index contributed by atoms with van der Waals surface area (Å²) in [5, 5.41) is 15.7. The molecule has 2 N–H and O–H groups in total. The molecular formula is C31H29N9O2. The first-order valence-corrected chi connectivity index (χ1v) is 13.3. The summed E-state index contributed by atoms with van der Waals surface area (Å²) in [5.41, 5.74) is 4.91. The van der Waals surface area contributed by atoms with Gasteiger partial charge in [0.15, 0.2) is 0 Å². The fourth-order valence-electron chi connectivity index (χ4n) is 4.37. The van der Waals surface area contributed by atoms with Gasteiger partial charge in [0.25, 0.3) is 0 Å². The summed E-state index contributed by atoms with van der Waals surface area (Å²) in [4.78, 5) is 25.9. The highest BCUT2D eigenvalue weighted by atomic mass is 16.5. The molecule has 11 heteroatoms. The quantitative estimate of drug-likeness (QED) is 0.239. The molecule has 11 nitrogen and oxygen atoms in total. The summed E-state index contributed by atoms with van der Waals surface area (Å²) in [5.74, 6) is 1.27. The molecule has 4 heterocycles. The molecule has 4 aromatic heterocycles. The number of nitrogens with zero attached hydrogens (tertiary/aromatic N) is 7. The van der Waals surface area contributed by atoms with Gasteiger partial charge in [0.2, 0.25) is 0 Å². The lowest BCUT2D eigenvalue weighted by atomic mass is 10.1. The van der Waals surface area contributed by atoms with E-state index in [4.69, 9.17) is 9.84 Å². The molecule has 6 aromatic rings. The highest BCUT2D eigenvalue weighted by Crippen LogP contribution is 2.31. The first-order chi connectivity index (χ1) is 20.2. The lowest BCUT2D eigenvalue weighted by Gasteiger charge is -2.18. The Kier molecular flexibility index (Phi) is 6.83. The average Bonchev–Trinajstić information content (AvgIpc) is 3.60. The van der Waals surface area contributed by atoms with E-state index >= 15 is 0 Å². The molecule has 210 valence electrons. The monoisotopic (exact) mass is 559 g/mol. The van der Waals surface area contributed by atoms with E-state index in [1.807, 2.05) is 48.4 Å². The summed E-state index contributed by atoms with van der Waals surface area (Å²) in [6.07, 6.45) is 10.5. The van der Waals surface area contributed by atoms with E-state index in [1.165, 1.54) is 6.33 Å². The summed E-state index contributed by atoms with van der Waals surface area (Å²) in [7, 11) is 1.86. The van der Waals surface area contributed by atoms with Crippen LogP contribution < -0.4 is 15.4 Å². The van der Waals surface area contributed by atoms with E-state index in [0.29, 0.717) is 28.6 Å². The molecule has 6 rings (SSSR count). The van der Waals surface area contributed by atoms with Crippen LogP contribution in [0.5, 0.6) is 11.5 Å². The highest BCUT2D eigenvalue weighted by molar-refractivity contribution is 6.02. The van der Waals surface area contributed by atoms with Crippen molar-refractivity contribution in [1.29, 1.82) is 0 Å². The van der Waals surface area contributed by atoms with Crippen LogP contribution in [0, 0.1) is 0 Å². The van der Waals surface area contributed by atoms with Gasteiger partial charge in [-0.1, -0.05) is 6.07 Å². The number of ether oxygens (including phenoxy) is 1. The second kappa shape index (κ2) is 10.8. The molecule has 0 radical (unpaired) electrons. The van der Waals surface area contributed by atoms with E-state index in [9.17, 15) is 4.79 Å². The second-order valence-corrected chi connectivity index (χ2v) is 10.8. The lowest BCUT2D eigenvalue weighted by Crippen LogP contribution is -2.22. The SMILES string of the molecule is Cn1cc(-c2cc(Oc3ccc(NC(=O)Nc4cn(C(C)(C)C)nc4-c4ccc5ncncc5c4)cc3)ccn2)cn1. The minimum absolute atomic E-state index is 0.283. The maximum Gasteiger partial charge on any atom is 0.323 e. The number of carbonyl (C=O) groups is 1. The Labute approximate surface area is 242 Å². The second-order valence-electron chi connectivity index (χ2n) is 10.8. The van der Waals surface area contributed by atoms with Crippen molar-refractivity contribution >= 4 is 28.3 Å². The van der Waals surface area contributed by atoms with E-state index in [2.05, 4.69) is 51.5 Å². The molecule has 0 aliphatic carbocycles. The van der Waals surface area contributed by atoms with E-state index in [-0.39, 0.29) is 5.54 Å². The summed E-state index contributed by atoms with van der Waals surface area (Å²) in [6.45, 7) is 6.16. The van der Waals surface area contributed by atoms with Gasteiger partial charge in [-0.05, 0) is 63.2 Å². The number of aryl methyl sites for hydroxylation is 1. The predicted octanol–water partition coefficient (Wildman–Crippen LogP) is 6.48. The molecule has 0 unspecified atom stereocenters. The summed E-state index contributed by atoms with van der Waals surface area (Å²) >= 11 is 0. The molecule has 42 heavy (non-hydrogen) atoms. The van der Waals surface area contributed by atoms with Gasteiger partial charge >= 0.3 is 6.03 Å². The number of nitrogens with one attached hydrogen (secondary N) is 2. The number of pyridine rings is 1. The molecule has 0 saturated carbocycles. The van der Waals surface area contributed by atoms with Crippen LogP contribution in [0.15, 0.2) is 91.9 Å². The van der Waals surface area contributed by atoms with Crippen molar-refractivity contribution in [2.75, 3.05) is 10.6 Å². The van der Waals surface area contributed by atoms with E-state index in [0.717, 1.165) is 27.7 Å². The Balaban J connectivity index is 1.16. The Morgan fingerprint density at radius 3 is 2.48 bits per heavy atom. The topological polar surface area (TPSA) is 125 Å². The highest BCUT2D eigenvalue weighted by Gasteiger charge is 2.21. The Bertz CT molecular complexity index is 1890. The van der Waals surface area contributed by atoms with Crippen LogP contribution in [-0.4, -0.2) is 40.5 Å². The van der Waals surface area contributed by atoms with Gasteiger partial charge in [-0.25, -0.2) is 14.8 Å². The number of hydrogen-bond donors (Lipinski definition) is 2. The van der Waals surface area contributed by atoms with Crippen molar-refractivity contribution in [2.45, 2.75) is 26.3 Å². The number of urea groups is 1. The van der Waals surface area contributed by atoms with Crippen LogP contribution in [0.2, 0.25) is 0 Å². The molecule has 0 saturated heterocycles. The average molecular weight is 560 g/mol. The molecule has 0 bridgehead atoms. The number of fused-ring (bicyclic) bond motifs is 1. The van der Waals surface area contributed by atoms with Crippen molar-refractivity contribution in [3.8, 4) is 34.0 Å². The molecule has 2 amide bonds. The number of carbonyl (C=O) groups excluding carboxylic acids is 1. The minimum atomic E-state index is -0.391. The maximum absolute atomic E-state index is 13.1. The zero-order valence-corrected chi connectivity index (χ0v) is 23.6. The predicted molar refractivity (Wildman–Crippen MR) is 161 cm³/mol. The third-order valence-corrected chi connectivity index (χ3v) is 6.51. The van der Waals surface area contributed by atoms with Gasteiger partial charge in [-0.15, -0.1) is 0 Å². The Morgan fingerprint density at radius 2 is 1.71 bits per heavy atom. The van der Waals surface area contributed by atoms with Gasteiger partial charge in [0.05, 0.1) is 28.6 Å². The van der Waals surface area contributed by atoms with Crippen LogP contribution >= 0.6 is 0 Å². The third kappa shape index (κ3) is 5.80. The van der Waals surface area contributed by atoms with Gasteiger partial charge < -0.3 is 15.4 Å². The van der Waals surface area contributed by atoms with Crippen LogP contribution in [0.4, 0.5) is 16.2 Å². The number of anilines is 2. The fourth-order valence-corrected chi connectivity index (χ4v) is 4.37. The molecule has 0 atom stereocenters. The van der Waals surface area contributed by atoms with Gasteiger partial charge in [-0.2, -0.15) is 10.2 Å². The summed E-state index contributed by atoms with van der Waals surface area (Å²) in [6, 6.07) is 16.2. The Morgan fingerprint density at radius 1 is 0.881 bits per heavy atom. The molecule has 0 aliphatic rings. The smallest absolute Gasteiger partial charge is 0.323 e. The van der Waals surface area contributed by atoms with Gasteiger partial charge in [0, 0.05) is 60.1 Å². The summed E-state index contributed by atoms with van der Waals surface area (Å²) < 4.78 is 9.58. The van der Waals surface area contributed by atoms with Crippen molar-refractivity contribution in [1.82, 2.24) is 34.5 Å². The molecule has 0 aliphatic heterocycles. The molecule has 0 fully saturated rings. The zero-order valence-electron chi connectivity index (χ0n) is 23.6. The van der Waals surface area contributed by atoms with E-state index in [1.54, 1.807) is 53.6 Å². The van der Waals surface area contributed by atoms with Crippen LogP contribution in [0.3, 0.4) is 0 Å². The van der Waals surface area contributed by atoms with Crippen molar-refractivity contribution in [2.24, 2.45) is 7.05 Å². The zero-order chi connectivity index (χ0) is 29.3. The number of rotatable bonds is 6. The maximum atomic E-state index is 13.1. The fraction of sp³-hybridized carbons (Fsp3) is 0.161. The number of aromatic nitrogens is 7. The van der Waals surface area contributed by atoms with Crippen LogP contribution in [0.25, 0.3) is 33.4 Å². The first kappa shape index (κ1) is 26.6. The standard InChI is InChI=1S/C31H29N9O2/c1-31(2,3)40-18-28(29(38-40)20-5-10-26-21(13-20)15-32-19-34-26)37-30(41)36-23-6-8-24(9-7-23)42-25-11-12-33-27(14-25)22-16-35-39(4)17-22/h5-19H,1-4H3,(H2,36,37,41).